The summed E-state index contributed by atoms with van der Waals surface area (Å²) in [5.41, 5.74) is 0.575. The second-order valence-corrected chi connectivity index (χ2v) is 4.28. The lowest BCUT2D eigenvalue weighted by Crippen LogP contribution is -2.30. The second kappa shape index (κ2) is 6.64. The minimum atomic E-state index is 0.432. The van der Waals surface area contributed by atoms with E-state index in [-0.39, 0.29) is 0 Å². The lowest BCUT2D eigenvalue weighted by molar-refractivity contribution is 0.112. The summed E-state index contributed by atoms with van der Waals surface area (Å²) in [5, 5.41) is 8.66. The molecule has 0 aliphatic carbocycles. The second-order valence-electron chi connectivity index (χ2n) is 4.28. The molecule has 0 unspecified atom stereocenters. The maximum atomic E-state index is 11.0. The molecule has 17 heavy (non-hydrogen) atoms. The third kappa shape index (κ3) is 3.87. The topological polar surface area (TPSA) is 57.0 Å². The Kier molecular flexibility index (Phi) is 5.15. The van der Waals surface area contributed by atoms with Crippen LogP contribution in [0.3, 0.4) is 0 Å². The van der Waals surface area contributed by atoms with Crippen LogP contribution in [-0.2, 0) is 0 Å². The summed E-state index contributed by atoms with van der Waals surface area (Å²) >= 11 is 0. The van der Waals surface area contributed by atoms with E-state index in [9.17, 15) is 4.79 Å². The Bertz CT molecular complexity index is 409. The quantitative estimate of drug-likeness (QED) is 0.705. The lowest BCUT2D eigenvalue weighted by Gasteiger charge is -2.25. The number of carbonyl (C=O) groups is 1. The molecule has 0 saturated heterocycles. The smallest absolute Gasteiger partial charge is 0.153 e. The van der Waals surface area contributed by atoms with E-state index in [1.54, 1.807) is 18.3 Å². The van der Waals surface area contributed by atoms with Crippen molar-refractivity contribution in [1.29, 1.82) is 5.26 Å². The highest BCUT2D eigenvalue weighted by molar-refractivity contribution is 5.82. The van der Waals surface area contributed by atoms with E-state index >= 15 is 0 Å². The number of aromatic nitrogens is 1. The molecular formula is C13H17N3O. The fraction of sp³-hybridized carbons (Fsp3) is 0.462. The number of carbonyl (C=O) groups excluding carboxylic acids is 1. The van der Waals surface area contributed by atoms with Gasteiger partial charge in [0.2, 0.25) is 0 Å². The van der Waals surface area contributed by atoms with Gasteiger partial charge in [0.25, 0.3) is 0 Å². The van der Waals surface area contributed by atoms with Gasteiger partial charge in [-0.1, -0.05) is 13.8 Å². The van der Waals surface area contributed by atoms with E-state index in [1.165, 1.54) is 0 Å². The van der Waals surface area contributed by atoms with E-state index < -0.39 is 0 Å². The van der Waals surface area contributed by atoms with Crippen LogP contribution in [0.15, 0.2) is 18.3 Å². The number of hydrogen-bond acceptors (Lipinski definition) is 4. The number of hydrogen-bond donors (Lipinski definition) is 0. The predicted octanol–water partition coefficient (Wildman–Crippen LogP) is 2.27. The highest BCUT2D eigenvalue weighted by Crippen LogP contribution is 2.17. The van der Waals surface area contributed by atoms with E-state index in [0.717, 1.165) is 12.8 Å². The summed E-state index contributed by atoms with van der Waals surface area (Å²) < 4.78 is 0. The molecule has 0 aliphatic heterocycles. The Hall–Kier alpha value is -1.89. The molecular weight excluding hydrogens is 214 g/mol. The SMILES string of the molecule is CC(C)CN(CCC#N)c1ncccc1C=O. The molecule has 0 fully saturated rings. The highest BCUT2D eigenvalue weighted by Gasteiger charge is 2.13. The van der Waals surface area contributed by atoms with Gasteiger partial charge in [0.1, 0.15) is 5.82 Å². The van der Waals surface area contributed by atoms with E-state index in [1.807, 2.05) is 4.90 Å². The van der Waals surface area contributed by atoms with Gasteiger partial charge >= 0.3 is 0 Å². The van der Waals surface area contributed by atoms with Gasteiger partial charge in [-0.15, -0.1) is 0 Å². The van der Waals surface area contributed by atoms with Crippen LogP contribution in [0.5, 0.6) is 0 Å². The molecule has 1 heterocycles. The fourth-order valence-electron chi connectivity index (χ4n) is 1.68. The number of nitrogens with zero attached hydrogens (tertiary/aromatic N) is 3. The molecule has 0 radical (unpaired) electrons. The Morgan fingerprint density at radius 1 is 1.59 bits per heavy atom. The third-order valence-electron chi connectivity index (χ3n) is 2.32. The standard InChI is InChI=1S/C13H17N3O/c1-11(2)9-16(8-4-6-14)13-12(10-17)5-3-7-15-13/h3,5,7,10-11H,4,8-9H2,1-2H3. The largest absolute Gasteiger partial charge is 0.355 e. The van der Waals surface area contributed by atoms with Crippen molar-refractivity contribution in [3.05, 3.63) is 23.9 Å². The van der Waals surface area contributed by atoms with E-state index in [2.05, 4.69) is 24.9 Å². The molecule has 0 aliphatic rings. The van der Waals surface area contributed by atoms with Crippen LogP contribution in [0, 0.1) is 17.2 Å². The first-order valence-corrected chi connectivity index (χ1v) is 5.71. The van der Waals surface area contributed by atoms with Crippen LogP contribution in [0.2, 0.25) is 0 Å². The minimum Gasteiger partial charge on any atom is -0.355 e. The molecule has 0 amide bonds. The number of aldehydes is 1. The van der Waals surface area contributed by atoms with Crippen molar-refractivity contribution in [2.45, 2.75) is 20.3 Å². The molecule has 0 saturated carbocycles. The minimum absolute atomic E-state index is 0.432. The Balaban J connectivity index is 2.94. The maximum absolute atomic E-state index is 11.0. The first kappa shape index (κ1) is 13.2. The first-order chi connectivity index (χ1) is 8.19. The summed E-state index contributed by atoms with van der Waals surface area (Å²) in [4.78, 5) is 17.2. The summed E-state index contributed by atoms with van der Waals surface area (Å²) in [6.07, 6.45) is 2.91. The molecule has 0 spiro atoms. The number of rotatable bonds is 6. The van der Waals surface area contributed by atoms with Crippen molar-refractivity contribution in [2.75, 3.05) is 18.0 Å². The molecule has 1 aromatic rings. The number of anilines is 1. The highest BCUT2D eigenvalue weighted by atomic mass is 16.1. The summed E-state index contributed by atoms with van der Waals surface area (Å²) in [5.74, 6) is 1.13. The molecule has 4 nitrogen and oxygen atoms in total. The Morgan fingerprint density at radius 3 is 2.94 bits per heavy atom. The number of pyridine rings is 1. The van der Waals surface area contributed by atoms with Gasteiger partial charge in [-0.05, 0) is 18.1 Å². The first-order valence-electron chi connectivity index (χ1n) is 5.71. The lowest BCUT2D eigenvalue weighted by atomic mass is 10.2. The Morgan fingerprint density at radius 2 is 2.35 bits per heavy atom. The van der Waals surface area contributed by atoms with Gasteiger partial charge in [-0.3, -0.25) is 4.79 Å². The fourth-order valence-corrected chi connectivity index (χ4v) is 1.68. The van der Waals surface area contributed by atoms with Crippen molar-refractivity contribution < 1.29 is 4.79 Å². The third-order valence-corrected chi connectivity index (χ3v) is 2.32. The molecule has 0 bridgehead atoms. The van der Waals surface area contributed by atoms with E-state index in [4.69, 9.17) is 5.26 Å². The zero-order valence-corrected chi connectivity index (χ0v) is 10.3. The van der Waals surface area contributed by atoms with E-state index in [0.29, 0.717) is 30.3 Å². The van der Waals surface area contributed by atoms with Crippen LogP contribution in [0.1, 0.15) is 30.6 Å². The van der Waals surface area contributed by atoms with Gasteiger partial charge in [-0.2, -0.15) is 5.26 Å². The number of nitriles is 1. The summed E-state index contributed by atoms with van der Waals surface area (Å²) in [6.45, 7) is 5.60. The molecule has 0 aromatic carbocycles. The van der Waals surface area contributed by atoms with Gasteiger partial charge in [0, 0.05) is 19.3 Å². The molecule has 0 atom stereocenters. The van der Waals surface area contributed by atoms with Crippen LogP contribution in [-0.4, -0.2) is 24.4 Å². The van der Waals surface area contributed by atoms with Gasteiger partial charge in [0.05, 0.1) is 18.1 Å². The van der Waals surface area contributed by atoms with Crippen molar-refractivity contribution in [3.8, 4) is 6.07 Å². The predicted molar refractivity (Wildman–Crippen MR) is 66.9 cm³/mol. The monoisotopic (exact) mass is 231 g/mol. The Labute approximate surface area is 102 Å². The average molecular weight is 231 g/mol. The molecule has 1 rings (SSSR count). The van der Waals surface area contributed by atoms with Crippen molar-refractivity contribution in [1.82, 2.24) is 4.98 Å². The normalized spacial score (nSPS) is 10.0. The molecule has 4 heteroatoms. The van der Waals surface area contributed by atoms with Gasteiger partial charge < -0.3 is 4.90 Å². The van der Waals surface area contributed by atoms with Crippen LogP contribution in [0.25, 0.3) is 0 Å². The maximum Gasteiger partial charge on any atom is 0.153 e. The summed E-state index contributed by atoms with van der Waals surface area (Å²) in [7, 11) is 0. The van der Waals surface area contributed by atoms with Crippen molar-refractivity contribution >= 4 is 12.1 Å². The molecule has 1 aromatic heterocycles. The van der Waals surface area contributed by atoms with Gasteiger partial charge in [0.15, 0.2) is 6.29 Å². The van der Waals surface area contributed by atoms with Crippen molar-refractivity contribution in [2.24, 2.45) is 5.92 Å². The van der Waals surface area contributed by atoms with Gasteiger partial charge in [-0.25, -0.2) is 4.98 Å². The molecule has 0 N–H and O–H groups in total. The summed E-state index contributed by atoms with van der Waals surface area (Å²) in [6, 6.07) is 5.61. The molecule has 90 valence electrons. The van der Waals surface area contributed by atoms with Crippen LogP contribution in [0.4, 0.5) is 5.82 Å². The average Bonchev–Trinajstić information content (AvgIpc) is 2.34. The zero-order valence-electron chi connectivity index (χ0n) is 10.3. The van der Waals surface area contributed by atoms with Crippen molar-refractivity contribution in [3.63, 3.8) is 0 Å². The zero-order chi connectivity index (χ0) is 12.7. The van der Waals surface area contributed by atoms with Crippen LogP contribution < -0.4 is 4.90 Å². The van der Waals surface area contributed by atoms with Crippen LogP contribution >= 0.6 is 0 Å².